The highest BCUT2D eigenvalue weighted by molar-refractivity contribution is 5.19. The molecule has 0 unspecified atom stereocenters. The smallest absolute Gasteiger partial charge is 0.0861 e. The average Bonchev–Trinajstić information content (AvgIpc) is 2.56. The molecule has 1 aromatic heterocycles. The maximum atomic E-state index is 4.27. The van der Waals surface area contributed by atoms with Gasteiger partial charge in [-0.15, -0.1) is 5.10 Å². The van der Waals surface area contributed by atoms with E-state index < -0.39 is 0 Å². The third-order valence-corrected chi connectivity index (χ3v) is 2.57. The van der Waals surface area contributed by atoms with Crippen LogP contribution in [0.3, 0.4) is 0 Å². The molecule has 1 rings (SSSR count). The van der Waals surface area contributed by atoms with E-state index in [1.54, 1.807) is 0 Å². The summed E-state index contributed by atoms with van der Waals surface area (Å²) in [5, 5.41) is 8.52. The molecule has 0 atom stereocenters. The number of hydrogen-bond acceptors (Lipinski definition) is 2. The van der Waals surface area contributed by atoms with Crippen LogP contribution in [0.1, 0.15) is 58.8 Å². The Morgan fingerprint density at radius 1 is 1.20 bits per heavy atom. The van der Waals surface area contributed by atoms with Gasteiger partial charge in [0.1, 0.15) is 0 Å². The van der Waals surface area contributed by atoms with E-state index in [4.69, 9.17) is 0 Å². The Labute approximate surface area is 92.9 Å². The van der Waals surface area contributed by atoms with Crippen molar-refractivity contribution in [3.05, 3.63) is 11.4 Å². The van der Waals surface area contributed by atoms with Crippen molar-refractivity contribution >= 4 is 0 Å². The molecule has 0 aliphatic rings. The van der Waals surface area contributed by atoms with Gasteiger partial charge in [0.15, 0.2) is 0 Å². The van der Waals surface area contributed by atoms with Gasteiger partial charge in [-0.05, 0) is 12.8 Å². The molecule has 0 spiro atoms. The van der Waals surface area contributed by atoms with Gasteiger partial charge in [0.25, 0.3) is 0 Å². The van der Waals surface area contributed by atoms with Crippen LogP contribution in [0.5, 0.6) is 0 Å². The van der Waals surface area contributed by atoms with Crippen molar-refractivity contribution in [3.63, 3.8) is 0 Å². The van der Waals surface area contributed by atoms with Gasteiger partial charge in [-0.2, -0.15) is 0 Å². The molecule has 0 amide bonds. The van der Waals surface area contributed by atoms with Gasteiger partial charge in [-0.3, -0.25) is 0 Å². The van der Waals surface area contributed by atoms with Gasteiger partial charge in [0.05, 0.1) is 11.4 Å². The molecule has 0 aliphatic carbocycles. The number of aromatic nitrogens is 3. The van der Waals surface area contributed by atoms with E-state index in [1.807, 2.05) is 0 Å². The Balaban J connectivity index is 3.01. The topological polar surface area (TPSA) is 30.7 Å². The molecule has 0 fully saturated rings. The Morgan fingerprint density at radius 2 is 1.87 bits per heavy atom. The second kappa shape index (κ2) is 4.77. The van der Waals surface area contributed by atoms with E-state index in [9.17, 15) is 0 Å². The van der Waals surface area contributed by atoms with Gasteiger partial charge in [0.2, 0.25) is 0 Å². The molecule has 1 aromatic rings. The normalized spacial score (nSPS) is 12.1. The predicted octanol–water partition coefficient (Wildman–Crippen LogP) is 2.94. The number of hydrogen-bond donors (Lipinski definition) is 0. The van der Waals surface area contributed by atoms with E-state index in [1.165, 1.54) is 18.5 Å². The molecule has 0 radical (unpaired) electrons. The molecule has 0 saturated heterocycles. The number of nitrogens with zero attached hydrogens (tertiary/aromatic N) is 3. The minimum absolute atomic E-state index is 0.141. The van der Waals surface area contributed by atoms with Crippen molar-refractivity contribution in [3.8, 4) is 0 Å². The summed E-state index contributed by atoms with van der Waals surface area (Å²) in [5.41, 5.74) is 2.60. The lowest BCUT2D eigenvalue weighted by atomic mass is 9.89. The molecule has 0 bridgehead atoms. The van der Waals surface area contributed by atoms with Crippen LogP contribution in [0, 0.1) is 0 Å². The summed E-state index contributed by atoms with van der Waals surface area (Å²) in [6, 6.07) is 0. The van der Waals surface area contributed by atoms with Crippen LogP contribution in [0.4, 0.5) is 0 Å². The van der Waals surface area contributed by atoms with E-state index in [0.29, 0.717) is 0 Å². The standard InChI is InChI=1S/C12H23N3/c1-6-8-9-15-11(12(3,4)5)10(7-2)13-14-15/h6-9H2,1-5H3. The van der Waals surface area contributed by atoms with Crippen molar-refractivity contribution in [1.82, 2.24) is 15.0 Å². The van der Waals surface area contributed by atoms with Crippen LogP contribution in [-0.4, -0.2) is 15.0 Å². The average molecular weight is 209 g/mol. The van der Waals surface area contributed by atoms with Crippen molar-refractivity contribution in [2.75, 3.05) is 0 Å². The van der Waals surface area contributed by atoms with Crippen LogP contribution in [0.2, 0.25) is 0 Å². The summed E-state index contributed by atoms with van der Waals surface area (Å²) in [4.78, 5) is 0. The zero-order valence-electron chi connectivity index (χ0n) is 10.7. The summed E-state index contributed by atoms with van der Waals surface area (Å²) in [6.07, 6.45) is 3.35. The maximum Gasteiger partial charge on any atom is 0.0861 e. The van der Waals surface area contributed by atoms with Crippen LogP contribution < -0.4 is 0 Å². The summed E-state index contributed by atoms with van der Waals surface area (Å²) >= 11 is 0. The van der Waals surface area contributed by atoms with E-state index >= 15 is 0 Å². The zero-order valence-corrected chi connectivity index (χ0v) is 10.7. The molecular weight excluding hydrogens is 186 g/mol. The van der Waals surface area contributed by atoms with E-state index in [-0.39, 0.29) is 5.41 Å². The number of unbranched alkanes of at least 4 members (excludes halogenated alkanes) is 1. The SMILES string of the molecule is CCCCn1nnc(CC)c1C(C)(C)C. The van der Waals surface area contributed by atoms with Crippen LogP contribution in [0.15, 0.2) is 0 Å². The fourth-order valence-corrected chi connectivity index (χ4v) is 1.87. The highest BCUT2D eigenvalue weighted by Gasteiger charge is 2.23. The van der Waals surface area contributed by atoms with Crippen LogP contribution in [-0.2, 0) is 18.4 Å². The Morgan fingerprint density at radius 3 is 2.33 bits per heavy atom. The molecule has 3 heteroatoms. The quantitative estimate of drug-likeness (QED) is 0.763. The molecule has 0 aliphatic heterocycles. The minimum atomic E-state index is 0.141. The van der Waals surface area contributed by atoms with E-state index in [0.717, 1.165) is 18.7 Å². The van der Waals surface area contributed by atoms with Crippen LogP contribution in [0.25, 0.3) is 0 Å². The Bertz CT molecular complexity index is 307. The lowest BCUT2D eigenvalue weighted by Crippen LogP contribution is -2.20. The Hall–Kier alpha value is -0.860. The lowest BCUT2D eigenvalue weighted by Gasteiger charge is -2.21. The van der Waals surface area contributed by atoms with Gasteiger partial charge in [-0.25, -0.2) is 4.68 Å². The fourth-order valence-electron chi connectivity index (χ4n) is 1.87. The number of rotatable bonds is 4. The summed E-state index contributed by atoms with van der Waals surface area (Å²) in [6.45, 7) is 12.0. The van der Waals surface area contributed by atoms with Gasteiger partial charge >= 0.3 is 0 Å². The third-order valence-electron chi connectivity index (χ3n) is 2.57. The van der Waals surface area contributed by atoms with Gasteiger partial charge in [0, 0.05) is 12.0 Å². The first-order valence-corrected chi connectivity index (χ1v) is 5.93. The predicted molar refractivity (Wildman–Crippen MR) is 63.0 cm³/mol. The van der Waals surface area contributed by atoms with Crippen molar-refractivity contribution < 1.29 is 0 Å². The second-order valence-corrected chi connectivity index (χ2v) is 5.06. The van der Waals surface area contributed by atoms with Gasteiger partial charge in [-0.1, -0.05) is 46.3 Å². The minimum Gasteiger partial charge on any atom is -0.249 e. The second-order valence-electron chi connectivity index (χ2n) is 5.06. The van der Waals surface area contributed by atoms with Crippen molar-refractivity contribution in [1.29, 1.82) is 0 Å². The molecule has 0 aromatic carbocycles. The van der Waals surface area contributed by atoms with Crippen LogP contribution >= 0.6 is 0 Å². The molecule has 86 valence electrons. The van der Waals surface area contributed by atoms with E-state index in [2.05, 4.69) is 49.6 Å². The molecule has 1 heterocycles. The molecule has 15 heavy (non-hydrogen) atoms. The fraction of sp³-hybridized carbons (Fsp3) is 0.833. The maximum absolute atomic E-state index is 4.27. The first-order valence-electron chi connectivity index (χ1n) is 5.93. The number of aryl methyl sites for hydroxylation is 2. The third kappa shape index (κ3) is 2.80. The van der Waals surface area contributed by atoms with Crippen molar-refractivity contribution in [2.45, 2.75) is 65.8 Å². The van der Waals surface area contributed by atoms with Crippen molar-refractivity contribution in [2.24, 2.45) is 0 Å². The summed E-state index contributed by atoms with van der Waals surface area (Å²) in [7, 11) is 0. The molecular formula is C12H23N3. The first-order chi connectivity index (χ1) is 7.00. The lowest BCUT2D eigenvalue weighted by molar-refractivity contribution is 0.465. The molecule has 0 saturated carbocycles. The van der Waals surface area contributed by atoms with Gasteiger partial charge < -0.3 is 0 Å². The summed E-state index contributed by atoms with van der Waals surface area (Å²) in [5.74, 6) is 0. The largest absolute Gasteiger partial charge is 0.249 e. The molecule has 3 nitrogen and oxygen atoms in total. The zero-order chi connectivity index (χ0) is 11.5. The summed E-state index contributed by atoms with van der Waals surface area (Å²) < 4.78 is 2.09. The highest BCUT2D eigenvalue weighted by atomic mass is 15.4. The molecule has 0 N–H and O–H groups in total. The highest BCUT2D eigenvalue weighted by Crippen LogP contribution is 2.25. The monoisotopic (exact) mass is 209 g/mol. The first kappa shape index (κ1) is 12.2. The Kier molecular flexibility index (Phi) is 3.89.